The fourth-order valence-electron chi connectivity index (χ4n) is 12.3. The summed E-state index contributed by atoms with van der Waals surface area (Å²) in [6.07, 6.45) is 13.9. The first-order chi connectivity index (χ1) is 27.5. The van der Waals surface area contributed by atoms with Gasteiger partial charge in [0.2, 0.25) is 0 Å². The van der Waals surface area contributed by atoms with Crippen LogP contribution in [0, 0.1) is 11.8 Å². The Bertz CT molecular complexity index is 2030. The minimum atomic E-state index is -0.444. The molecule has 4 aliphatic heterocycles. The second-order valence-corrected chi connectivity index (χ2v) is 28.5. The normalized spacial score (nSPS) is 33.4. The summed E-state index contributed by atoms with van der Waals surface area (Å²) < 4.78 is 0. The average molecular weight is 813 g/mol. The number of rotatable bonds is 10. The number of fused-ring (bicyclic) bond motifs is 1. The first kappa shape index (κ1) is 39.5. The van der Waals surface area contributed by atoms with Gasteiger partial charge in [-0.15, -0.1) is 0 Å². The summed E-state index contributed by atoms with van der Waals surface area (Å²) in [6, 6.07) is 48.2. The Morgan fingerprint density at radius 1 is 0.500 bits per heavy atom. The molecule has 4 heteroatoms. The van der Waals surface area contributed by atoms with Crippen molar-refractivity contribution in [2.24, 2.45) is 11.8 Å². The molecule has 0 amide bonds. The summed E-state index contributed by atoms with van der Waals surface area (Å²) in [5, 5.41) is 10.1. The van der Waals surface area contributed by atoms with Crippen molar-refractivity contribution < 1.29 is 0 Å². The zero-order valence-corrected chi connectivity index (χ0v) is 38.2. The molecule has 12 atom stereocenters. The molecule has 0 nitrogen and oxygen atoms in total. The van der Waals surface area contributed by atoms with Crippen LogP contribution < -0.4 is 21.2 Å². The molecule has 4 saturated heterocycles. The summed E-state index contributed by atoms with van der Waals surface area (Å²) in [6.45, 7) is 13.0. The molecule has 0 bridgehead atoms. The topological polar surface area (TPSA) is 0 Å². The fraction of sp³-hybridized carbons (Fsp3) is 0.462. The molecule has 0 saturated carbocycles. The molecule has 4 heterocycles. The van der Waals surface area contributed by atoms with Gasteiger partial charge < -0.3 is 0 Å². The largest absolute Gasteiger partial charge is 0.0715 e. The number of benzene rings is 5. The summed E-state index contributed by atoms with van der Waals surface area (Å²) in [4.78, 5) is 0. The molecule has 0 aliphatic carbocycles. The van der Waals surface area contributed by atoms with E-state index in [-0.39, 0.29) is 23.8 Å². The molecule has 5 aromatic carbocycles. The first-order valence-corrected chi connectivity index (χ1v) is 28.4. The van der Waals surface area contributed by atoms with Gasteiger partial charge in [0.1, 0.15) is 0 Å². The predicted molar refractivity (Wildman–Crippen MR) is 256 cm³/mol. The maximum Gasteiger partial charge on any atom is 0.00880 e. The molecule has 5 unspecified atom stereocenters. The third kappa shape index (κ3) is 7.23. The molecule has 0 spiro atoms. The Hall–Kier alpha value is -1.92. The van der Waals surface area contributed by atoms with Crippen LogP contribution >= 0.6 is 31.7 Å². The Kier molecular flexibility index (Phi) is 12.3. The minimum Gasteiger partial charge on any atom is -0.0715 e. The lowest BCUT2D eigenvalue weighted by Crippen LogP contribution is -2.32. The second kappa shape index (κ2) is 17.4. The lowest BCUT2D eigenvalue weighted by molar-refractivity contribution is 0.305. The van der Waals surface area contributed by atoms with Crippen molar-refractivity contribution in [3.8, 4) is 0 Å². The number of hydrogen-bond donors (Lipinski definition) is 0. The monoisotopic (exact) mass is 812 g/mol. The highest BCUT2D eigenvalue weighted by molar-refractivity contribution is 7.74. The highest BCUT2D eigenvalue weighted by Gasteiger charge is 2.52. The van der Waals surface area contributed by atoms with Crippen molar-refractivity contribution in [3.05, 3.63) is 132 Å². The summed E-state index contributed by atoms with van der Waals surface area (Å²) in [7, 11) is -0.924. The summed E-state index contributed by atoms with van der Waals surface area (Å²) in [5.74, 6) is 1.70. The molecule has 4 fully saturated rings. The van der Waals surface area contributed by atoms with E-state index >= 15 is 0 Å². The van der Waals surface area contributed by atoms with Crippen LogP contribution in [-0.4, -0.2) is 34.5 Å². The van der Waals surface area contributed by atoms with E-state index in [1.165, 1.54) is 74.7 Å². The van der Waals surface area contributed by atoms with Crippen molar-refractivity contribution in [3.63, 3.8) is 0 Å². The molecular formula is C52H64P4. The van der Waals surface area contributed by atoms with Gasteiger partial charge >= 0.3 is 0 Å². The van der Waals surface area contributed by atoms with E-state index in [9.17, 15) is 0 Å². The van der Waals surface area contributed by atoms with Gasteiger partial charge in [-0.3, -0.25) is 0 Å². The van der Waals surface area contributed by atoms with Crippen molar-refractivity contribution in [2.75, 3.05) is 6.16 Å². The fourth-order valence-corrected chi connectivity index (χ4v) is 27.9. The summed E-state index contributed by atoms with van der Waals surface area (Å²) >= 11 is 0. The van der Waals surface area contributed by atoms with E-state index < -0.39 is 7.92 Å². The molecule has 56 heavy (non-hydrogen) atoms. The molecule has 292 valence electrons. The van der Waals surface area contributed by atoms with Crippen LogP contribution in [0.5, 0.6) is 0 Å². The van der Waals surface area contributed by atoms with E-state index in [4.69, 9.17) is 0 Å². The zero-order chi connectivity index (χ0) is 38.3. The van der Waals surface area contributed by atoms with Crippen LogP contribution in [0.1, 0.15) is 115 Å². The molecule has 4 aliphatic rings. The zero-order valence-electron chi connectivity index (χ0n) is 34.6. The van der Waals surface area contributed by atoms with Crippen molar-refractivity contribution in [2.45, 2.75) is 132 Å². The Morgan fingerprint density at radius 2 is 1.05 bits per heavy atom. The van der Waals surface area contributed by atoms with Gasteiger partial charge in [-0.05, 0) is 159 Å². The first-order valence-electron chi connectivity index (χ1n) is 22.3. The van der Waals surface area contributed by atoms with Crippen molar-refractivity contribution in [1.29, 1.82) is 0 Å². The van der Waals surface area contributed by atoms with Crippen LogP contribution in [0.15, 0.2) is 121 Å². The van der Waals surface area contributed by atoms with Gasteiger partial charge in [0, 0.05) is 11.3 Å². The quantitative estimate of drug-likeness (QED) is 0.123. The van der Waals surface area contributed by atoms with Crippen LogP contribution in [0.25, 0.3) is 10.8 Å². The minimum absolute atomic E-state index is 0.0102. The second-order valence-electron chi connectivity index (χ2n) is 17.7. The Morgan fingerprint density at radius 3 is 1.64 bits per heavy atom. The van der Waals surface area contributed by atoms with Gasteiger partial charge in [-0.25, -0.2) is 0 Å². The summed E-state index contributed by atoms with van der Waals surface area (Å²) in [5.41, 5.74) is 8.55. The van der Waals surface area contributed by atoms with Crippen LogP contribution in [0.4, 0.5) is 0 Å². The van der Waals surface area contributed by atoms with E-state index in [1.54, 1.807) is 21.7 Å². The SMILES string of the molecule is CC[C@@H]1CCCP1c1ccccc1P1[C@H](CC)CC(C2C[C@@H](C)P(c3cc4ccccc4cc3P3[C@H](c4ccccc4)CC[C@H]3c3ccccc3)[C@@H]2C)[C@H]1CC. The maximum absolute atomic E-state index is 2.75. The van der Waals surface area contributed by atoms with E-state index in [1.807, 2.05) is 10.6 Å². The Labute approximate surface area is 344 Å². The van der Waals surface area contributed by atoms with Gasteiger partial charge in [0.25, 0.3) is 0 Å². The number of hydrogen-bond acceptors (Lipinski definition) is 0. The molecular weight excluding hydrogens is 748 g/mol. The lowest BCUT2D eigenvalue weighted by Gasteiger charge is -2.35. The Balaban J connectivity index is 1.11. The smallest absolute Gasteiger partial charge is 0.00880 e. The van der Waals surface area contributed by atoms with E-state index in [2.05, 4.69) is 156 Å². The highest BCUT2D eigenvalue weighted by atomic mass is 31.1. The van der Waals surface area contributed by atoms with Gasteiger partial charge in [-0.1, -0.05) is 175 Å². The maximum atomic E-state index is 2.75. The standard InChI is InChI=1S/C52H64P4/c1-6-42-26-19-31-53(42)49-27-17-18-28-50(49)55-43(7-2)35-45(46(55)8-3)44-32-36(4)54(37(44)5)51-33-40-24-15-16-25-41(40)34-52(51)56-47(38-20-11-9-12-21-38)29-30-48(56)39-22-13-10-14-23-39/h9-18,20-25,27-28,33-34,36-37,42-48H,6-8,19,26,29-32,35H2,1-5H3/t36-,37-,42-,43-,44?,45?,46-,47+,48+,53?,54?,55?/m1/s1. The lowest BCUT2D eigenvalue weighted by atomic mass is 9.80. The highest BCUT2D eigenvalue weighted by Crippen LogP contribution is 2.72. The molecule has 5 aromatic rings. The van der Waals surface area contributed by atoms with E-state index in [0.29, 0.717) is 11.3 Å². The van der Waals surface area contributed by atoms with Crippen LogP contribution in [-0.2, 0) is 0 Å². The average Bonchev–Trinajstić information content (AvgIpc) is 4.05. The molecule has 0 radical (unpaired) electrons. The van der Waals surface area contributed by atoms with Crippen LogP contribution in [0.2, 0.25) is 0 Å². The molecule has 9 rings (SSSR count). The third-order valence-corrected chi connectivity index (χ3v) is 29.0. The van der Waals surface area contributed by atoms with Crippen molar-refractivity contribution >= 4 is 63.7 Å². The van der Waals surface area contributed by atoms with Crippen molar-refractivity contribution in [1.82, 2.24) is 0 Å². The van der Waals surface area contributed by atoms with Gasteiger partial charge in [0.05, 0.1) is 0 Å². The van der Waals surface area contributed by atoms with E-state index in [0.717, 1.165) is 40.1 Å². The van der Waals surface area contributed by atoms with Gasteiger partial charge in [0.15, 0.2) is 0 Å². The molecule has 0 N–H and O–H groups in total. The third-order valence-electron chi connectivity index (χ3n) is 14.8. The molecule has 0 aromatic heterocycles. The van der Waals surface area contributed by atoms with Crippen LogP contribution in [0.3, 0.4) is 0 Å². The predicted octanol–water partition coefficient (Wildman–Crippen LogP) is 14.2. The van der Waals surface area contributed by atoms with Gasteiger partial charge in [-0.2, -0.15) is 0 Å².